The zero-order chi connectivity index (χ0) is 8.91. The van der Waals surface area contributed by atoms with Crippen molar-refractivity contribution in [3.05, 3.63) is 0 Å². The molecule has 0 aromatic carbocycles. The molecule has 0 radical (unpaired) electrons. The molecule has 0 heterocycles. The Bertz CT molecular complexity index is 156. The average Bonchev–Trinajstić information content (AvgIpc) is 1.85. The van der Waals surface area contributed by atoms with E-state index in [2.05, 4.69) is 10.3 Å². The molecule has 0 aliphatic heterocycles. The van der Waals surface area contributed by atoms with E-state index in [1.54, 1.807) is 13.3 Å². The standard InChI is InChI=1S/C8H16N2O/c1-8(2,3)6-10-5-7(11)9-4/h6H,5H2,1-4H3,(H,9,11). The van der Waals surface area contributed by atoms with Crippen molar-refractivity contribution in [1.82, 2.24) is 5.32 Å². The normalized spacial score (nSPS) is 12.0. The highest BCUT2D eigenvalue weighted by atomic mass is 16.1. The SMILES string of the molecule is CNC(=O)CN=CC(C)(C)C. The lowest BCUT2D eigenvalue weighted by atomic mass is 9.99. The largest absolute Gasteiger partial charge is 0.358 e. The Morgan fingerprint density at radius 2 is 2.09 bits per heavy atom. The van der Waals surface area contributed by atoms with Crippen LogP contribution in [0.4, 0.5) is 0 Å². The molecule has 0 saturated heterocycles. The molecular weight excluding hydrogens is 140 g/mol. The third-order valence-corrected chi connectivity index (χ3v) is 0.992. The van der Waals surface area contributed by atoms with Crippen molar-refractivity contribution < 1.29 is 4.79 Å². The first-order chi connectivity index (χ1) is 4.95. The zero-order valence-electron chi connectivity index (χ0n) is 7.64. The number of amides is 1. The lowest BCUT2D eigenvalue weighted by molar-refractivity contribution is -0.119. The number of nitrogens with one attached hydrogen (secondary N) is 1. The molecule has 0 atom stereocenters. The summed E-state index contributed by atoms with van der Waals surface area (Å²) < 4.78 is 0. The second-order valence-corrected chi connectivity index (χ2v) is 3.51. The van der Waals surface area contributed by atoms with E-state index in [1.807, 2.05) is 20.8 Å². The van der Waals surface area contributed by atoms with Crippen molar-refractivity contribution in [1.29, 1.82) is 0 Å². The lowest BCUT2D eigenvalue weighted by Crippen LogP contribution is -2.21. The van der Waals surface area contributed by atoms with Gasteiger partial charge in [-0.05, 0) is 5.41 Å². The van der Waals surface area contributed by atoms with E-state index >= 15 is 0 Å². The number of nitrogens with zero attached hydrogens (tertiary/aromatic N) is 1. The van der Waals surface area contributed by atoms with Gasteiger partial charge in [0.15, 0.2) is 0 Å². The van der Waals surface area contributed by atoms with E-state index in [-0.39, 0.29) is 17.9 Å². The first-order valence-electron chi connectivity index (χ1n) is 3.67. The molecule has 1 N–H and O–H groups in total. The van der Waals surface area contributed by atoms with Gasteiger partial charge < -0.3 is 5.32 Å². The Kier molecular flexibility index (Phi) is 3.79. The average molecular weight is 156 g/mol. The Balaban J connectivity index is 3.70. The van der Waals surface area contributed by atoms with Gasteiger partial charge >= 0.3 is 0 Å². The Morgan fingerprint density at radius 3 is 2.45 bits per heavy atom. The van der Waals surface area contributed by atoms with Crippen LogP contribution in [0.3, 0.4) is 0 Å². The summed E-state index contributed by atoms with van der Waals surface area (Å²) in [4.78, 5) is 14.6. The minimum absolute atomic E-state index is 0.0505. The van der Waals surface area contributed by atoms with Gasteiger partial charge in [-0.25, -0.2) is 0 Å². The smallest absolute Gasteiger partial charge is 0.241 e. The van der Waals surface area contributed by atoms with Crippen LogP contribution >= 0.6 is 0 Å². The van der Waals surface area contributed by atoms with Gasteiger partial charge in [0.05, 0.1) is 0 Å². The molecule has 11 heavy (non-hydrogen) atoms. The number of rotatable bonds is 2. The van der Waals surface area contributed by atoms with E-state index in [0.29, 0.717) is 0 Å². The van der Waals surface area contributed by atoms with E-state index < -0.39 is 0 Å². The number of hydrogen-bond acceptors (Lipinski definition) is 2. The van der Waals surface area contributed by atoms with Crippen LogP contribution in [-0.4, -0.2) is 25.7 Å². The third-order valence-electron chi connectivity index (χ3n) is 0.992. The van der Waals surface area contributed by atoms with Gasteiger partial charge in [0.25, 0.3) is 0 Å². The van der Waals surface area contributed by atoms with Crippen LogP contribution in [0.2, 0.25) is 0 Å². The summed E-state index contributed by atoms with van der Waals surface area (Å²) in [7, 11) is 1.61. The molecule has 0 aromatic rings. The lowest BCUT2D eigenvalue weighted by Gasteiger charge is -2.09. The second-order valence-electron chi connectivity index (χ2n) is 3.51. The topological polar surface area (TPSA) is 41.5 Å². The van der Waals surface area contributed by atoms with Crippen LogP contribution in [0.15, 0.2) is 4.99 Å². The number of likely N-dealkylation sites (N-methyl/N-ethyl adjacent to an activating group) is 1. The molecule has 3 nitrogen and oxygen atoms in total. The van der Waals surface area contributed by atoms with Crippen LogP contribution < -0.4 is 5.32 Å². The molecule has 3 heteroatoms. The molecule has 0 aromatic heterocycles. The molecule has 0 aliphatic rings. The van der Waals surface area contributed by atoms with Gasteiger partial charge in [0, 0.05) is 13.3 Å². The summed E-state index contributed by atoms with van der Waals surface area (Å²) in [6.07, 6.45) is 1.79. The van der Waals surface area contributed by atoms with Crippen LogP contribution in [0, 0.1) is 5.41 Å². The van der Waals surface area contributed by atoms with Gasteiger partial charge in [-0.3, -0.25) is 9.79 Å². The van der Waals surface area contributed by atoms with Crippen molar-refractivity contribution in [2.75, 3.05) is 13.6 Å². The van der Waals surface area contributed by atoms with Crippen molar-refractivity contribution in [3.8, 4) is 0 Å². The van der Waals surface area contributed by atoms with E-state index in [9.17, 15) is 4.79 Å². The summed E-state index contributed by atoms with van der Waals surface area (Å²) in [6, 6.07) is 0. The molecule has 0 saturated carbocycles. The quantitative estimate of drug-likeness (QED) is 0.592. The summed E-state index contributed by atoms with van der Waals surface area (Å²) in [5.41, 5.74) is 0.0635. The fourth-order valence-electron chi connectivity index (χ4n) is 0.481. The van der Waals surface area contributed by atoms with E-state index in [0.717, 1.165) is 0 Å². The number of carbonyl (C=O) groups is 1. The molecule has 0 spiro atoms. The molecule has 0 unspecified atom stereocenters. The van der Waals surface area contributed by atoms with Crippen molar-refractivity contribution in [3.63, 3.8) is 0 Å². The number of aliphatic imine (C=N–C) groups is 1. The maximum absolute atomic E-state index is 10.7. The van der Waals surface area contributed by atoms with E-state index in [1.165, 1.54) is 0 Å². The molecule has 0 rings (SSSR count). The van der Waals surface area contributed by atoms with Crippen molar-refractivity contribution in [2.24, 2.45) is 10.4 Å². The van der Waals surface area contributed by atoms with Crippen molar-refractivity contribution >= 4 is 12.1 Å². The maximum Gasteiger partial charge on any atom is 0.241 e. The summed E-state index contributed by atoms with van der Waals surface area (Å²) in [5, 5.41) is 2.50. The third kappa shape index (κ3) is 7.03. The van der Waals surface area contributed by atoms with Crippen molar-refractivity contribution in [2.45, 2.75) is 20.8 Å². The van der Waals surface area contributed by atoms with Crippen LogP contribution in [0.5, 0.6) is 0 Å². The van der Waals surface area contributed by atoms with Gasteiger partial charge in [0.2, 0.25) is 5.91 Å². The summed E-state index contributed by atoms with van der Waals surface area (Å²) in [5.74, 6) is -0.0505. The van der Waals surface area contributed by atoms with Crippen LogP contribution in [-0.2, 0) is 4.79 Å². The molecule has 1 amide bonds. The maximum atomic E-state index is 10.7. The zero-order valence-corrected chi connectivity index (χ0v) is 7.64. The predicted octanol–water partition coefficient (Wildman–Crippen LogP) is 0.849. The Morgan fingerprint density at radius 1 is 1.55 bits per heavy atom. The Labute approximate surface area is 67.9 Å². The predicted molar refractivity (Wildman–Crippen MR) is 46.9 cm³/mol. The number of carbonyl (C=O) groups excluding carboxylic acids is 1. The molecule has 0 fully saturated rings. The second kappa shape index (κ2) is 4.11. The highest BCUT2D eigenvalue weighted by molar-refractivity contribution is 5.79. The summed E-state index contributed by atoms with van der Waals surface area (Å²) >= 11 is 0. The van der Waals surface area contributed by atoms with Gasteiger partial charge in [0.1, 0.15) is 6.54 Å². The van der Waals surface area contributed by atoms with Crippen LogP contribution in [0.1, 0.15) is 20.8 Å². The molecule has 64 valence electrons. The van der Waals surface area contributed by atoms with E-state index in [4.69, 9.17) is 0 Å². The number of hydrogen-bond donors (Lipinski definition) is 1. The summed E-state index contributed by atoms with van der Waals surface area (Å²) in [6.45, 7) is 6.36. The molecular formula is C8H16N2O. The molecule has 0 aliphatic carbocycles. The first-order valence-corrected chi connectivity index (χ1v) is 3.67. The van der Waals surface area contributed by atoms with Gasteiger partial charge in [-0.2, -0.15) is 0 Å². The highest BCUT2D eigenvalue weighted by Gasteiger charge is 2.04. The first kappa shape index (κ1) is 10.1. The van der Waals surface area contributed by atoms with Gasteiger partial charge in [-0.15, -0.1) is 0 Å². The van der Waals surface area contributed by atoms with Crippen LogP contribution in [0.25, 0.3) is 0 Å². The fraction of sp³-hybridized carbons (Fsp3) is 0.750. The minimum Gasteiger partial charge on any atom is -0.358 e. The Hall–Kier alpha value is -0.860. The fourth-order valence-corrected chi connectivity index (χ4v) is 0.481. The van der Waals surface area contributed by atoms with Gasteiger partial charge in [-0.1, -0.05) is 20.8 Å². The minimum atomic E-state index is -0.0505. The monoisotopic (exact) mass is 156 g/mol. The molecule has 0 bridgehead atoms. The highest BCUT2D eigenvalue weighted by Crippen LogP contribution is 2.07.